The second-order valence-electron chi connectivity index (χ2n) is 8.84. The van der Waals surface area contributed by atoms with E-state index < -0.39 is 17.7 Å². The summed E-state index contributed by atoms with van der Waals surface area (Å²) in [6.07, 6.45) is 0.895. The molecular formula is C26H31N3O4. The molecule has 0 aliphatic carbocycles. The minimum Gasteiger partial charge on any atom is -0.507 e. The second-order valence-corrected chi connectivity index (χ2v) is 8.84. The van der Waals surface area contributed by atoms with Gasteiger partial charge in [-0.15, -0.1) is 0 Å². The molecule has 1 amide bonds. The Labute approximate surface area is 194 Å². The Kier molecular flexibility index (Phi) is 6.42. The lowest BCUT2D eigenvalue weighted by atomic mass is 9.94. The number of benzene rings is 2. The molecule has 174 valence electrons. The van der Waals surface area contributed by atoms with Gasteiger partial charge in [-0.25, -0.2) is 0 Å². The summed E-state index contributed by atoms with van der Waals surface area (Å²) in [4.78, 5) is 31.8. The summed E-state index contributed by atoms with van der Waals surface area (Å²) in [6.45, 7) is 4.40. The number of rotatable bonds is 6. The highest BCUT2D eigenvalue weighted by molar-refractivity contribution is 6.46. The molecule has 0 radical (unpaired) electrons. The largest absolute Gasteiger partial charge is 0.507 e. The monoisotopic (exact) mass is 449 g/mol. The summed E-state index contributed by atoms with van der Waals surface area (Å²) in [5, 5.41) is 11.3. The van der Waals surface area contributed by atoms with Crippen LogP contribution in [-0.4, -0.2) is 74.0 Å². The summed E-state index contributed by atoms with van der Waals surface area (Å²) < 4.78 is 5.70. The number of ketones is 1. The zero-order valence-electron chi connectivity index (χ0n) is 19.7. The maximum absolute atomic E-state index is 13.2. The standard InChI is InChI=1S/C26H31N3O4/c1-5-17-6-8-18(9-7-17)23-22(25(31)26(32)29(23)13-12-27(2)3)24(30)19-10-11-21-20(16-19)28(4)14-15-33-21/h6-11,16,23,30H,5,12-15H2,1-4H3/b24-22-. The number of likely N-dealkylation sites (N-methyl/N-ethyl adjacent to an activating group) is 2. The first kappa shape index (κ1) is 22.9. The number of aliphatic hydroxyl groups excluding tert-OH is 1. The maximum Gasteiger partial charge on any atom is 0.295 e. The number of amides is 1. The number of hydrogen-bond acceptors (Lipinski definition) is 6. The first-order valence-electron chi connectivity index (χ1n) is 11.3. The van der Waals surface area contributed by atoms with Crippen LogP contribution in [0.2, 0.25) is 0 Å². The van der Waals surface area contributed by atoms with Crippen LogP contribution in [0, 0.1) is 0 Å². The molecule has 2 aromatic rings. The first-order chi connectivity index (χ1) is 15.8. The zero-order chi connectivity index (χ0) is 23.7. The molecule has 0 bridgehead atoms. The van der Waals surface area contributed by atoms with E-state index in [1.807, 2.05) is 61.3 Å². The molecule has 7 heteroatoms. The zero-order valence-corrected chi connectivity index (χ0v) is 19.7. The lowest BCUT2D eigenvalue weighted by Gasteiger charge is -2.28. The van der Waals surface area contributed by atoms with Crippen LogP contribution in [0.4, 0.5) is 5.69 Å². The first-order valence-corrected chi connectivity index (χ1v) is 11.3. The Hall–Kier alpha value is -3.32. The van der Waals surface area contributed by atoms with Crippen LogP contribution in [0.25, 0.3) is 5.76 Å². The van der Waals surface area contributed by atoms with E-state index in [1.165, 1.54) is 5.56 Å². The molecule has 0 aromatic heterocycles. The predicted molar refractivity (Wildman–Crippen MR) is 129 cm³/mol. The van der Waals surface area contributed by atoms with Crippen molar-refractivity contribution in [2.45, 2.75) is 19.4 Å². The molecule has 1 saturated heterocycles. The number of hydrogen-bond donors (Lipinski definition) is 1. The number of aryl methyl sites for hydroxylation is 1. The van der Waals surface area contributed by atoms with Gasteiger partial charge in [0, 0.05) is 25.7 Å². The molecule has 2 aromatic carbocycles. The lowest BCUT2D eigenvalue weighted by molar-refractivity contribution is -0.140. The van der Waals surface area contributed by atoms with E-state index in [9.17, 15) is 14.7 Å². The quantitative estimate of drug-likeness (QED) is 0.415. The van der Waals surface area contributed by atoms with Crippen molar-refractivity contribution < 1.29 is 19.4 Å². The highest BCUT2D eigenvalue weighted by Crippen LogP contribution is 2.41. The van der Waals surface area contributed by atoms with Crippen LogP contribution < -0.4 is 9.64 Å². The van der Waals surface area contributed by atoms with Gasteiger partial charge in [0.15, 0.2) is 0 Å². The van der Waals surface area contributed by atoms with Crippen molar-refractivity contribution in [1.82, 2.24) is 9.80 Å². The Bertz CT molecular complexity index is 1090. The van der Waals surface area contributed by atoms with Crippen molar-refractivity contribution in [3.63, 3.8) is 0 Å². The molecule has 33 heavy (non-hydrogen) atoms. The minimum absolute atomic E-state index is 0.127. The number of Topliss-reactive ketones (excluding diaryl/α,β-unsaturated/α-hetero) is 1. The number of nitrogens with zero attached hydrogens (tertiary/aromatic N) is 3. The molecule has 1 fully saturated rings. The van der Waals surface area contributed by atoms with Crippen LogP contribution in [0.1, 0.15) is 29.7 Å². The molecule has 0 spiro atoms. The third-order valence-electron chi connectivity index (χ3n) is 6.36. The van der Waals surface area contributed by atoms with Gasteiger partial charge in [-0.05, 0) is 49.8 Å². The summed E-state index contributed by atoms with van der Waals surface area (Å²) in [5.74, 6) is -0.662. The molecule has 1 unspecified atom stereocenters. The Morgan fingerprint density at radius 2 is 1.88 bits per heavy atom. The van der Waals surface area contributed by atoms with Gasteiger partial charge < -0.3 is 24.5 Å². The highest BCUT2D eigenvalue weighted by Gasteiger charge is 2.46. The van der Waals surface area contributed by atoms with E-state index in [0.29, 0.717) is 25.3 Å². The number of likely N-dealkylation sites (tertiary alicyclic amines) is 1. The van der Waals surface area contributed by atoms with Crippen LogP contribution in [0.5, 0.6) is 5.75 Å². The van der Waals surface area contributed by atoms with Crippen molar-refractivity contribution in [2.75, 3.05) is 52.3 Å². The second kappa shape index (κ2) is 9.27. The number of fused-ring (bicyclic) bond motifs is 1. The molecule has 1 N–H and O–H groups in total. The Morgan fingerprint density at radius 3 is 2.55 bits per heavy atom. The summed E-state index contributed by atoms with van der Waals surface area (Å²) in [5.41, 5.74) is 3.44. The molecule has 7 nitrogen and oxygen atoms in total. The SMILES string of the molecule is CCc1ccc(C2/C(=C(/O)c3ccc4c(c3)N(C)CCO4)C(=O)C(=O)N2CCN(C)C)cc1. The molecule has 0 saturated carbocycles. The normalized spacial score (nSPS) is 19.7. The van der Waals surface area contributed by atoms with Crippen LogP contribution >= 0.6 is 0 Å². The number of aliphatic hydroxyl groups is 1. The van der Waals surface area contributed by atoms with E-state index >= 15 is 0 Å². The third kappa shape index (κ3) is 4.33. The van der Waals surface area contributed by atoms with Crippen LogP contribution in [-0.2, 0) is 16.0 Å². The van der Waals surface area contributed by atoms with Gasteiger partial charge in [0.2, 0.25) is 0 Å². The lowest BCUT2D eigenvalue weighted by Crippen LogP contribution is -2.35. The van der Waals surface area contributed by atoms with Crippen LogP contribution in [0.3, 0.4) is 0 Å². The molecular weight excluding hydrogens is 418 g/mol. The predicted octanol–water partition coefficient (Wildman–Crippen LogP) is 3.06. The van der Waals surface area contributed by atoms with Gasteiger partial charge >= 0.3 is 0 Å². The molecule has 2 aliphatic heterocycles. The minimum atomic E-state index is -0.654. The smallest absolute Gasteiger partial charge is 0.295 e. The average molecular weight is 450 g/mol. The van der Waals surface area contributed by atoms with E-state index in [4.69, 9.17) is 4.74 Å². The maximum atomic E-state index is 13.2. The van der Waals surface area contributed by atoms with Gasteiger partial charge in [-0.2, -0.15) is 0 Å². The van der Waals surface area contributed by atoms with E-state index in [1.54, 1.807) is 17.0 Å². The van der Waals surface area contributed by atoms with Crippen LogP contribution in [0.15, 0.2) is 48.0 Å². The average Bonchev–Trinajstić information content (AvgIpc) is 3.07. The molecule has 2 heterocycles. The highest BCUT2D eigenvalue weighted by atomic mass is 16.5. The number of carbonyl (C=O) groups excluding carboxylic acids is 2. The number of carbonyl (C=O) groups is 2. The fourth-order valence-electron chi connectivity index (χ4n) is 4.35. The van der Waals surface area contributed by atoms with Crippen molar-refractivity contribution in [1.29, 1.82) is 0 Å². The molecule has 2 aliphatic rings. The van der Waals surface area contributed by atoms with Crippen molar-refractivity contribution in [2.24, 2.45) is 0 Å². The summed E-state index contributed by atoms with van der Waals surface area (Å²) >= 11 is 0. The molecule has 1 atom stereocenters. The van der Waals surface area contributed by atoms with Crippen molar-refractivity contribution >= 4 is 23.1 Å². The van der Waals surface area contributed by atoms with Gasteiger partial charge in [0.25, 0.3) is 11.7 Å². The van der Waals surface area contributed by atoms with Gasteiger partial charge in [-0.3, -0.25) is 9.59 Å². The fourth-order valence-corrected chi connectivity index (χ4v) is 4.35. The van der Waals surface area contributed by atoms with E-state index in [-0.39, 0.29) is 11.3 Å². The van der Waals surface area contributed by atoms with Gasteiger partial charge in [0.05, 0.1) is 23.8 Å². The summed E-state index contributed by atoms with van der Waals surface area (Å²) in [7, 11) is 5.81. The van der Waals surface area contributed by atoms with E-state index in [2.05, 4.69) is 6.92 Å². The Balaban J connectivity index is 1.82. The van der Waals surface area contributed by atoms with Gasteiger partial charge in [0.1, 0.15) is 18.1 Å². The third-order valence-corrected chi connectivity index (χ3v) is 6.36. The number of ether oxygens (including phenoxy) is 1. The molecule has 4 rings (SSSR count). The van der Waals surface area contributed by atoms with Gasteiger partial charge in [-0.1, -0.05) is 31.2 Å². The Morgan fingerprint density at radius 1 is 1.15 bits per heavy atom. The van der Waals surface area contributed by atoms with E-state index in [0.717, 1.165) is 30.0 Å². The van der Waals surface area contributed by atoms with Crippen molar-refractivity contribution in [3.05, 3.63) is 64.7 Å². The fraction of sp³-hybridized carbons (Fsp3) is 0.385. The topological polar surface area (TPSA) is 73.3 Å². The summed E-state index contributed by atoms with van der Waals surface area (Å²) in [6, 6.07) is 12.6. The number of anilines is 1. The van der Waals surface area contributed by atoms with Crippen molar-refractivity contribution in [3.8, 4) is 5.75 Å².